The Morgan fingerprint density at radius 3 is 2.59 bits per heavy atom. The van der Waals surface area contributed by atoms with Crippen molar-refractivity contribution in [3.8, 4) is 0 Å². The highest BCUT2D eigenvalue weighted by Gasteiger charge is 2.29. The summed E-state index contributed by atoms with van der Waals surface area (Å²) < 4.78 is 15.6. The van der Waals surface area contributed by atoms with Gasteiger partial charge in [0.15, 0.2) is 0 Å². The monoisotopic (exact) mass is 366 g/mol. The van der Waals surface area contributed by atoms with E-state index in [1.54, 1.807) is 12.1 Å². The maximum atomic E-state index is 13.3. The highest BCUT2D eigenvalue weighted by atomic mass is 19.1. The molecule has 1 aliphatic heterocycles. The van der Waals surface area contributed by atoms with Gasteiger partial charge in [-0.1, -0.05) is 30.7 Å². The number of benzene rings is 2. The second-order valence-corrected chi connectivity index (χ2v) is 7.93. The van der Waals surface area contributed by atoms with Gasteiger partial charge in [-0.2, -0.15) is 0 Å². The second kappa shape index (κ2) is 6.77. The first kappa shape index (κ1) is 18.2. The van der Waals surface area contributed by atoms with E-state index in [0.29, 0.717) is 6.54 Å². The molecule has 3 aromatic rings. The van der Waals surface area contributed by atoms with E-state index < -0.39 is 5.60 Å². The van der Waals surface area contributed by atoms with Gasteiger partial charge >= 0.3 is 0 Å². The Kier molecular flexibility index (Phi) is 4.57. The normalized spacial score (nSPS) is 17.1. The van der Waals surface area contributed by atoms with Crippen LogP contribution in [0.5, 0.6) is 0 Å². The van der Waals surface area contributed by atoms with E-state index >= 15 is 0 Å². The first-order chi connectivity index (χ1) is 12.9. The van der Waals surface area contributed by atoms with Crippen molar-refractivity contribution >= 4 is 10.9 Å². The van der Waals surface area contributed by atoms with Crippen molar-refractivity contribution in [1.29, 1.82) is 0 Å². The van der Waals surface area contributed by atoms with Crippen molar-refractivity contribution in [3.05, 3.63) is 70.7 Å². The largest absolute Gasteiger partial charge is 0.384 e. The van der Waals surface area contributed by atoms with E-state index in [1.165, 1.54) is 39.9 Å². The molecule has 27 heavy (non-hydrogen) atoms. The van der Waals surface area contributed by atoms with Crippen molar-refractivity contribution in [2.24, 2.45) is 0 Å². The lowest BCUT2D eigenvalue weighted by Gasteiger charge is -2.30. The summed E-state index contributed by atoms with van der Waals surface area (Å²) in [5.41, 5.74) is 4.80. The number of aromatic nitrogens is 1. The van der Waals surface area contributed by atoms with E-state index in [2.05, 4.69) is 41.5 Å². The summed E-state index contributed by atoms with van der Waals surface area (Å²) in [5, 5.41) is 12.5. The molecule has 0 radical (unpaired) electrons. The molecule has 4 rings (SSSR count). The van der Waals surface area contributed by atoms with Gasteiger partial charge < -0.3 is 9.67 Å². The molecular formula is C23H27FN2O. The zero-order chi connectivity index (χ0) is 19.2. The van der Waals surface area contributed by atoms with Gasteiger partial charge in [0.1, 0.15) is 11.4 Å². The molecule has 2 heterocycles. The lowest BCUT2D eigenvalue weighted by Crippen LogP contribution is -2.33. The van der Waals surface area contributed by atoms with Crippen molar-refractivity contribution in [1.82, 2.24) is 9.47 Å². The summed E-state index contributed by atoms with van der Waals surface area (Å²) in [6.07, 6.45) is 0.983. The summed E-state index contributed by atoms with van der Waals surface area (Å²) in [7, 11) is 0. The molecule has 1 aliphatic rings. The molecule has 0 fully saturated rings. The Morgan fingerprint density at radius 2 is 1.89 bits per heavy atom. The highest BCUT2D eigenvalue weighted by molar-refractivity contribution is 5.86. The molecule has 2 aromatic carbocycles. The van der Waals surface area contributed by atoms with Gasteiger partial charge in [-0.05, 0) is 55.8 Å². The molecule has 142 valence electrons. The minimum Gasteiger partial charge on any atom is -0.384 e. The Hall–Kier alpha value is -2.17. The van der Waals surface area contributed by atoms with Crippen LogP contribution in [0.15, 0.2) is 42.5 Å². The molecular weight excluding hydrogens is 339 g/mol. The van der Waals surface area contributed by atoms with Crippen LogP contribution in [0, 0.1) is 12.7 Å². The quantitative estimate of drug-likeness (QED) is 0.742. The van der Waals surface area contributed by atoms with Gasteiger partial charge in [0.25, 0.3) is 0 Å². The number of fused-ring (bicyclic) bond motifs is 3. The molecule has 0 saturated heterocycles. The van der Waals surface area contributed by atoms with Gasteiger partial charge in [-0.25, -0.2) is 4.39 Å². The Bertz CT molecular complexity index is 972. The van der Waals surface area contributed by atoms with Gasteiger partial charge in [-0.15, -0.1) is 0 Å². The van der Waals surface area contributed by atoms with Crippen LogP contribution in [-0.4, -0.2) is 27.7 Å². The maximum absolute atomic E-state index is 13.3. The lowest BCUT2D eigenvalue weighted by molar-refractivity contribution is 0.0384. The summed E-state index contributed by atoms with van der Waals surface area (Å²) in [6.45, 7) is 9.64. The highest BCUT2D eigenvalue weighted by Crippen LogP contribution is 2.34. The lowest BCUT2D eigenvalue weighted by atomic mass is 9.95. The molecule has 4 heteroatoms. The fourth-order valence-corrected chi connectivity index (χ4v) is 4.28. The van der Waals surface area contributed by atoms with Gasteiger partial charge in [-0.3, -0.25) is 4.90 Å². The number of likely N-dealkylation sites (N-methyl/N-ethyl adjacent to an activating group) is 1. The number of rotatable bonds is 4. The van der Waals surface area contributed by atoms with E-state index in [0.717, 1.165) is 31.6 Å². The zero-order valence-corrected chi connectivity index (χ0v) is 16.3. The summed E-state index contributed by atoms with van der Waals surface area (Å²) in [6, 6.07) is 12.7. The maximum Gasteiger partial charge on any atom is 0.123 e. The van der Waals surface area contributed by atoms with Crippen LogP contribution in [0.3, 0.4) is 0 Å². The molecule has 0 bridgehead atoms. The van der Waals surface area contributed by atoms with Crippen LogP contribution in [0.2, 0.25) is 0 Å². The van der Waals surface area contributed by atoms with Crippen LogP contribution in [0.1, 0.15) is 36.2 Å². The molecule has 1 unspecified atom stereocenters. The van der Waals surface area contributed by atoms with Crippen LogP contribution in [0.25, 0.3) is 10.9 Å². The molecule has 3 nitrogen and oxygen atoms in total. The van der Waals surface area contributed by atoms with Crippen LogP contribution in [-0.2, 0) is 25.1 Å². The van der Waals surface area contributed by atoms with Crippen LogP contribution in [0.4, 0.5) is 4.39 Å². The standard InChI is InChI=1S/C23H27FN2O/c1-4-25-12-11-22-20(14-25)19-13-16(2)5-10-21(19)26(22)15-23(3,27)17-6-8-18(24)9-7-17/h5-10,13,27H,4,11-12,14-15H2,1-3H3. The van der Waals surface area contributed by atoms with Crippen LogP contribution >= 0.6 is 0 Å². The number of halogens is 1. The van der Waals surface area contributed by atoms with Crippen molar-refractivity contribution in [2.45, 2.75) is 45.9 Å². The Labute approximate surface area is 160 Å². The van der Waals surface area contributed by atoms with E-state index in [9.17, 15) is 9.50 Å². The minimum absolute atomic E-state index is 0.284. The number of hydrogen-bond acceptors (Lipinski definition) is 2. The first-order valence-electron chi connectivity index (χ1n) is 9.70. The summed E-state index contributed by atoms with van der Waals surface area (Å²) in [5.74, 6) is -0.284. The van der Waals surface area contributed by atoms with E-state index in [1.807, 2.05) is 6.92 Å². The summed E-state index contributed by atoms with van der Waals surface area (Å²) in [4.78, 5) is 2.46. The predicted molar refractivity (Wildman–Crippen MR) is 107 cm³/mol. The second-order valence-electron chi connectivity index (χ2n) is 7.93. The third kappa shape index (κ3) is 3.28. The molecule has 0 spiro atoms. The topological polar surface area (TPSA) is 28.4 Å². The molecule has 0 saturated carbocycles. The number of hydrogen-bond donors (Lipinski definition) is 1. The fraction of sp³-hybridized carbons (Fsp3) is 0.391. The minimum atomic E-state index is -1.07. The van der Waals surface area contributed by atoms with Crippen molar-refractivity contribution in [3.63, 3.8) is 0 Å². The number of aryl methyl sites for hydroxylation is 1. The summed E-state index contributed by atoms with van der Waals surface area (Å²) >= 11 is 0. The predicted octanol–water partition coefficient (Wildman–Crippen LogP) is 4.37. The average molecular weight is 366 g/mol. The van der Waals surface area contributed by atoms with Gasteiger partial charge in [0, 0.05) is 36.1 Å². The first-order valence-corrected chi connectivity index (χ1v) is 9.70. The van der Waals surface area contributed by atoms with E-state index in [-0.39, 0.29) is 5.82 Å². The Morgan fingerprint density at radius 1 is 1.15 bits per heavy atom. The van der Waals surface area contributed by atoms with Gasteiger partial charge in [0.05, 0.1) is 6.54 Å². The third-order valence-electron chi connectivity index (χ3n) is 5.87. The molecule has 1 N–H and O–H groups in total. The van der Waals surface area contributed by atoms with E-state index in [4.69, 9.17) is 0 Å². The molecule has 0 aliphatic carbocycles. The fourth-order valence-electron chi connectivity index (χ4n) is 4.28. The molecule has 1 aromatic heterocycles. The molecule has 1 atom stereocenters. The average Bonchev–Trinajstić information content (AvgIpc) is 2.94. The van der Waals surface area contributed by atoms with Gasteiger partial charge in [0.2, 0.25) is 0 Å². The SMILES string of the molecule is CCN1CCc2c(c3cc(C)ccc3n2CC(C)(O)c2ccc(F)cc2)C1. The zero-order valence-electron chi connectivity index (χ0n) is 16.3. The van der Waals surface area contributed by atoms with Crippen LogP contribution < -0.4 is 0 Å². The number of nitrogens with zero attached hydrogens (tertiary/aromatic N) is 2. The molecule has 0 amide bonds. The smallest absolute Gasteiger partial charge is 0.123 e. The third-order valence-corrected chi connectivity index (χ3v) is 5.87. The van der Waals surface area contributed by atoms with Crippen molar-refractivity contribution < 1.29 is 9.50 Å². The number of aliphatic hydroxyl groups is 1. The van der Waals surface area contributed by atoms with Crippen molar-refractivity contribution in [2.75, 3.05) is 13.1 Å². The Balaban J connectivity index is 1.81.